The molecule has 0 amide bonds. The van der Waals surface area contributed by atoms with Gasteiger partial charge in [0.2, 0.25) is 0 Å². The molecule has 0 aliphatic rings. The molecule has 1 unspecified atom stereocenters. The van der Waals surface area contributed by atoms with Crippen molar-refractivity contribution in [2.24, 2.45) is 5.73 Å². The second-order valence-corrected chi connectivity index (χ2v) is 6.00. The standard InChI is InChI=1S/C19H33NO2/c1-5-8-10-21-18-14-16(13-17(20)7-3)19(12-15(18)4)22-11-9-6-2/h12,14,17H,5-11,13,20H2,1-4H3. The van der Waals surface area contributed by atoms with Crippen LogP contribution in [0, 0.1) is 6.92 Å². The molecule has 3 heteroatoms. The molecular formula is C19H33NO2. The molecule has 0 saturated heterocycles. The maximum atomic E-state index is 6.14. The van der Waals surface area contributed by atoms with Crippen molar-refractivity contribution in [2.75, 3.05) is 13.2 Å². The largest absolute Gasteiger partial charge is 0.493 e. The number of benzene rings is 1. The third-order valence-electron chi connectivity index (χ3n) is 3.88. The normalized spacial score (nSPS) is 12.2. The highest BCUT2D eigenvalue weighted by atomic mass is 16.5. The lowest BCUT2D eigenvalue weighted by Crippen LogP contribution is -2.22. The van der Waals surface area contributed by atoms with E-state index in [0.29, 0.717) is 0 Å². The first-order valence-corrected chi connectivity index (χ1v) is 8.77. The fourth-order valence-electron chi connectivity index (χ4n) is 2.23. The number of hydrogen-bond donors (Lipinski definition) is 1. The molecule has 0 heterocycles. The van der Waals surface area contributed by atoms with Gasteiger partial charge in [-0.2, -0.15) is 0 Å². The van der Waals surface area contributed by atoms with Crippen LogP contribution in [-0.4, -0.2) is 19.3 Å². The van der Waals surface area contributed by atoms with Gasteiger partial charge in [-0.3, -0.25) is 0 Å². The van der Waals surface area contributed by atoms with Crippen LogP contribution in [0.5, 0.6) is 11.5 Å². The van der Waals surface area contributed by atoms with Crippen LogP contribution in [0.3, 0.4) is 0 Å². The summed E-state index contributed by atoms with van der Waals surface area (Å²) in [4.78, 5) is 0. The maximum absolute atomic E-state index is 6.14. The summed E-state index contributed by atoms with van der Waals surface area (Å²) in [5.41, 5.74) is 8.45. The van der Waals surface area contributed by atoms with Gasteiger partial charge in [0, 0.05) is 6.04 Å². The van der Waals surface area contributed by atoms with Crippen LogP contribution in [0.15, 0.2) is 12.1 Å². The van der Waals surface area contributed by atoms with Crippen molar-refractivity contribution < 1.29 is 9.47 Å². The molecule has 1 aromatic carbocycles. The summed E-state index contributed by atoms with van der Waals surface area (Å²) in [5.74, 6) is 1.94. The summed E-state index contributed by atoms with van der Waals surface area (Å²) >= 11 is 0. The molecule has 0 aliphatic heterocycles. The summed E-state index contributed by atoms with van der Waals surface area (Å²) in [5, 5.41) is 0. The maximum Gasteiger partial charge on any atom is 0.123 e. The van der Waals surface area contributed by atoms with Crippen molar-refractivity contribution in [3.05, 3.63) is 23.3 Å². The first-order chi connectivity index (χ1) is 10.6. The Labute approximate surface area is 136 Å². The summed E-state index contributed by atoms with van der Waals surface area (Å²) in [6.07, 6.45) is 6.24. The van der Waals surface area contributed by atoms with Crippen LogP contribution in [0.1, 0.15) is 64.0 Å². The number of aryl methyl sites for hydroxylation is 1. The third kappa shape index (κ3) is 6.27. The fourth-order valence-corrected chi connectivity index (χ4v) is 2.23. The Kier molecular flexibility index (Phi) is 8.98. The van der Waals surface area contributed by atoms with Crippen molar-refractivity contribution in [1.82, 2.24) is 0 Å². The van der Waals surface area contributed by atoms with Crippen LogP contribution in [-0.2, 0) is 6.42 Å². The molecule has 22 heavy (non-hydrogen) atoms. The van der Waals surface area contributed by atoms with Crippen LogP contribution in [0.25, 0.3) is 0 Å². The summed E-state index contributed by atoms with van der Waals surface area (Å²) < 4.78 is 11.9. The Balaban J connectivity index is 2.90. The van der Waals surface area contributed by atoms with E-state index < -0.39 is 0 Å². The second-order valence-electron chi connectivity index (χ2n) is 6.00. The topological polar surface area (TPSA) is 44.5 Å². The quantitative estimate of drug-likeness (QED) is 0.606. The van der Waals surface area contributed by atoms with E-state index in [0.717, 1.165) is 68.8 Å². The minimum absolute atomic E-state index is 0.166. The van der Waals surface area contributed by atoms with Gasteiger partial charge in [0.25, 0.3) is 0 Å². The molecule has 0 bridgehead atoms. The SMILES string of the molecule is CCCCOc1cc(CC(N)CC)c(OCCCC)cc1C. The van der Waals surface area contributed by atoms with E-state index in [2.05, 4.69) is 39.8 Å². The van der Waals surface area contributed by atoms with Gasteiger partial charge in [0.15, 0.2) is 0 Å². The average Bonchev–Trinajstić information content (AvgIpc) is 2.51. The highest BCUT2D eigenvalue weighted by molar-refractivity contribution is 5.46. The summed E-state index contributed by atoms with van der Waals surface area (Å²) in [6.45, 7) is 10.1. The third-order valence-corrected chi connectivity index (χ3v) is 3.88. The van der Waals surface area contributed by atoms with Crippen molar-refractivity contribution >= 4 is 0 Å². The lowest BCUT2D eigenvalue weighted by molar-refractivity contribution is 0.296. The number of rotatable bonds is 11. The van der Waals surface area contributed by atoms with Crippen LogP contribution in [0.4, 0.5) is 0 Å². The highest BCUT2D eigenvalue weighted by Gasteiger charge is 2.12. The minimum Gasteiger partial charge on any atom is -0.493 e. The predicted octanol–water partition coefficient (Wildman–Crippen LogP) is 4.63. The molecule has 1 atom stereocenters. The van der Waals surface area contributed by atoms with E-state index in [-0.39, 0.29) is 6.04 Å². The lowest BCUT2D eigenvalue weighted by Gasteiger charge is -2.18. The number of unbranched alkanes of at least 4 members (excludes halogenated alkanes) is 2. The Morgan fingerprint density at radius 2 is 1.55 bits per heavy atom. The monoisotopic (exact) mass is 307 g/mol. The molecule has 0 aromatic heterocycles. The fraction of sp³-hybridized carbons (Fsp3) is 0.684. The van der Waals surface area contributed by atoms with E-state index in [1.54, 1.807) is 0 Å². The van der Waals surface area contributed by atoms with Gasteiger partial charge >= 0.3 is 0 Å². The Morgan fingerprint density at radius 1 is 0.955 bits per heavy atom. The van der Waals surface area contributed by atoms with E-state index in [4.69, 9.17) is 15.2 Å². The van der Waals surface area contributed by atoms with Gasteiger partial charge in [-0.15, -0.1) is 0 Å². The molecule has 1 aromatic rings. The second kappa shape index (κ2) is 10.5. The van der Waals surface area contributed by atoms with Crippen molar-refractivity contribution in [2.45, 2.75) is 72.3 Å². The predicted molar refractivity (Wildman–Crippen MR) is 94.0 cm³/mol. The van der Waals surface area contributed by atoms with Gasteiger partial charge in [-0.05, 0) is 55.9 Å². The van der Waals surface area contributed by atoms with E-state index in [1.807, 2.05) is 0 Å². The van der Waals surface area contributed by atoms with Crippen LogP contribution in [0.2, 0.25) is 0 Å². The van der Waals surface area contributed by atoms with Crippen molar-refractivity contribution in [3.8, 4) is 11.5 Å². The zero-order valence-corrected chi connectivity index (χ0v) is 14.8. The molecular weight excluding hydrogens is 274 g/mol. The average molecular weight is 307 g/mol. The first-order valence-electron chi connectivity index (χ1n) is 8.77. The van der Waals surface area contributed by atoms with Crippen molar-refractivity contribution in [3.63, 3.8) is 0 Å². The zero-order chi connectivity index (χ0) is 16.4. The van der Waals surface area contributed by atoms with Gasteiger partial charge in [0.1, 0.15) is 11.5 Å². The zero-order valence-electron chi connectivity index (χ0n) is 14.8. The Bertz CT molecular complexity index is 432. The van der Waals surface area contributed by atoms with Gasteiger partial charge in [-0.1, -0.05) is 33.6 Å². The molecule has 3 nitrogen and oxygen atoms in total. The van der Waals surface area contributed by atoms with Crippen LogP contribution >= 0.6 is 0 Å². The number of hydrogen-bond acceptors (Lipinski definition) is 3. The smallest absolute Gasteiger partial charge is 0.123 e. The Hall–Kier alpha value is -1.22. The highest BCUT2D eigenvalue weighted by Crippen LogP contribution is 2.30. The summed E-state index contributed by atoms with van der Waals surface area (Å²) in [7, 11) is 0. The van der Waals surface area contributed by atoms with Gasteiger partial charge in [-0.25, -0.2) is 0 Å². The van der Waals surface area contributed by atoms with Crippen molar-refractivity contribution in [1.29, 1.82) is 0 Å². The molecule has 0 spiro atoms. The molecule has 0 saturated carbocycles. The molecule has 1 rings (SSSR count). The Morgan fingerprint density at radius 3 is 2.09 bits per heavy atom. The number of ether oxygens (including phenoxy) is 2. The lowest BCUT2D eigenvalue weighted by atomic mass is 10.0. The van der Waals surface area contributed by atoms with E-state index in [9.17, 15) is 0 Å². The minimum atomic E-state index is 0.166. The molecule has 0 radical (unpaired) electrons. The number of nitrogens with two attached hydrogens (primary N) is 1. The van der Waals surface area contributed by atoms with Gasteiger partial charge < -0.3 is 15.2 Å². The molecule has 126 valence electrons. The van der Waals surface area contributed by atoms with E-state index in [1.165, 1.54) is 5.56 Å². The van der Waals surface area contributed by atoms with E-state index >= 15 is 0 Å². The molecule has 0 fully saturated rings. The summed E-state index contributed by atoms with van der Waals surface area (Å²) in [6, 6.07) is 4.40. The van der Waals surface area contributed by atoms with Crippen LogP contribution < -0.4 is 15.2 Å². The molecule has 0 aliphatic carbocycles. The molecule has 2 N–H and O–H groups in total. The first kappa shape index (κ1) is 18.8. The van der Waals surface area contributed by atoms with Gasteiger partial charge in [0.05, 0.1) is 13.2 Å².